The standard InChI is InChI=1S/C11H15F3N2O2S/c1-4-7(15-9(17)6(2)18-3)10-16-8(5-19-10)11(12,13)14/h5-7H,4H2,1-3H3,(H,15,17)/t6-,7-/m0/s1. The molecular weight excluding hydrogens is 281 g/mol. The van der Waals surface area contributed by atoms with Gasteiger partial charge in [0.15, 0.2) is 5.69 Å². The lowest BCUT2D eigenvalue weighted by Crippen LogP contribution is -2.36. The maximum atomic E-state index is 12.5. The molecule has 4 nitrogen and oxygen atoms in total. The highest BCUT2D eigenvalue weighted by molar-refractivity contribution is 7.09. The molecule has 2 atom stereocenters. The topological polar surface area (TPSA) is 51.2 Å². The van der Waals surface area contributed by atoms with E-state index in [-0.39, 0.29) is 10.9 Å². The van der Waals surface area contributed by atoms with E-state index in [4.69, 9.17) is 4.74 Å². The number of rotatable bonds is 5. The summed E-state index contributed by atoms with van der Waals surface area (Å²) in [6, 6.07) is -0.536. The van der Waals surface area contributed by atoms with E-state index >= 15 is 0 Å². The average molecular weight is 296 g/mol. The normalized spacial score (nSPS) is 15.1. The lowest BCUT2D eigenvalue weighted by atomic mass is 10.2. The van der Waals surface area contributed by atoms with E-state index in [1.807, 2.05) is 0 Å². The second-order valence-electron chi connectivity index (χ2n) is 3.92. The highest BCUT2D eigenvalue weighted by atomic mass is 32.1. The minimum absolute atomic E-state index is 0.242. The Morgan fingerprint density at radius 3 is 2.63 bits per heavy atom. The van der Waals surface area contributed by atoms with Gasteiger partial charge in [0.1, 0.15) is 11.1 Å². The predicted octanol–water partition coefficient (Wildman–Crippen LogP) is 2.76. The van der Waals surface area contributed by atoms with Crippen LogP contribution in [0.5, 0.6) is 0 Å². The monoisotopic (exact) mass is 296 g/mol. The molecule has 108 valence electrons. The van der Waals surface area contributed by atoms with E-state index in [0.29, 0.717) is 6.42 Å². The molecule has 0 saturated heterocycles. The minimum Gasteiger partial charge on any atom is -0.372 e. The van der Waals surface area contributed by atoms with Crippen LogP contribution in [0.4, 0.5) is 13.2 Å². The van der Waals surface area contributed by atoms with Gasteiger partial charge in [-0.25, -0.2) is 4.98 Å². The van der Waals surface area contributed by atoms with Crippen LogP contribution in [0.3, 0.4) is 0 Å². The zero-order valence-corrected chi connectivity index (χ0v) is 11.6. The molecule has 0 unspecified atom stereocenters. The van der Waals surface area contributed by atoms with Crippen molar-refractivity contribution < 1.29 is 22.7 Å². The molecule has 8 heteroatoms. The number of nitrogens with zero attached hydrogens (tertiary/aromatic N) is 1. The van der Waals surface area contributed by atoms with E-state index in [1.54, 1.807) is 13.8 Å². The summed E-state index contributed by atoms with van der Waals surface area (Å²) in [7, 11) is 1.39. The maximum absolute atomic E-state index is 12.5. The van der Waals surface area contributed by atoms with Gasteiger partial charge in [0.25, 0.3) is 0 Å². The fraction of sp³-hybridized carbons (Fsp3) is 0.636. The van der Waals surface area contributed by atoms with Crippen LogP contribution in [0.1, 0.15) is 37.0 Å². The largest absolute Gasteiger partial charge is 0.434 e. The zero-order chi connectivity index (χ0) is 14.6. The van der Waals surface area contributed by atoms with Gasteiger partial charge in [0, 0.05) is 12.5 Å². The second-order valence-corrected chi connectivity index (χ2v) is 4.81. The summed E-state index contributed by atoms with van der Waals surface area (Å²) in [5, 5.41) is 3.81. The summed E-state index contributed by atoms with van der Waals surface area (Å²) in [5.41, 5.74) is -0.931. The smallest absolute Gasteiger partial charge is 0.372 e. The molecule has 1 aromatic rings. The van der Waals surface area contributed by atoms with Crippen LogP contribution in [-0.2, 0) is 15.7 Å². The SMILES string of the molecule is CC[C@H](NC(=O)[C@H](C)OC)c1nc(C(F)(F)F)cs1. The molecule has 0 saturated carbocycles. The van der Waals surface area contributed by atoms with Gasteiger partial charge < -0.3 is 10.1 Å². The van der Waals surface area contributed by atoms with Gasteiger partial charge >= 0.3 is 6.18 Å². The number of carbonyl (C=O) groups excluding carboxylic acids is 1. The summed E-state index contributed by atoms with van der Waals surface area (Å²) >= 11 is 0.884. The maximum Gasteiger partial charge on any atom is 0.434 e. The van der Waals surface area contributed by atoms with Gasteiger partial charge in [-0.3, -0.25) is 4.79 Å². The molecule has 0 fully saturated rings. The van der Waals surface area contributed by atoms with Gasteiger partial charge in [0.2, 0.25) is 5.91 Å². The van der Waals surface area contributed by atoms with E-state index in [9.17, 15) is 18.0 Å². The lowest BCUT2D eigenvalue weighted by Gasteiger charge is -2.17. The first kappa shape index (κ1) is 15.9. The van der Waals surface area contributed by atoms with Crippen molar-refractivity contribution in [1.82, 2.24) is 10.3 Å². The van der Waals surface area contributed by atoms with Crippen LogP contribution in [0.25, 0.3) is 0 Å². The fourth-order valence-electron chi connectivity index (χ4n) is 1.31. The van der Waals surface area contributed by atoms with Crippen molar-refractivity contribution in [2.45, 2.75) is 38.6 Å². The number of aromatic nitrogens is 1. The molecule has 1 heterocycles. The summed E-state index contributed by atoms with van der Waals surface area (Å²) < 4.78 is 42.2. The molecule has 0 aliphatic carbocycles. The number of nitrogens with one attached hydrogen (secondary N) is 1. The number of amides is 1. The number of thiazole rings is 1. The third-order valence-corrected chi connectivity index (χ3v) is 3.52. The molecule has 0 spiro atoms. The molecule has 1 rings (SSSR count). The Bertz CT molecular complexity index is 434. The van der Waals surface area contributed by atoms with E-state index in [0.717, 1.165) is 16.7 Å². The Kier molecular flexibility index (Phi) is 5.30. The van der Waals surface area contributed by atoms with Crippen LogP contribution in [-0.4, -0.2) is 24.1 Å². The number of carbonyl (C=O) groups is 1. The molecular formula is C11H15F3N2O2S. The van der Waals surface area contributed by atoms with Crippen LogP contribution in [0.2, 0.25) is 0 Å². The van der Waals surface area contributed by atoms with Gasteiger partial charge in [-0.2, -0.15) is 13.2 Å². The first-order chi connectivity index (χ1) is 8.79. The fourth-order valence-corrected chi connectivity index (χ4v) is 2.27. The van der Waals surface area contributed by atoms with E-state index < -0.39 is 24.0 Å². The minimum atomic E-state index is -4.46. The van der Waals surface area contributed by atoms with Crippen molar-refractivity contribution in [3.05, 3.63) is 16.1 Å². The highest BCUT2D eigenvalue weighted by Gasteiger charge is 2.34. The molecule has 0 radical (unpaired) electrons. The van der Waals surface area contributed by atoms with Crippen LogP contribution >= 0.6 is 11.3 Å². The number of ether oxygens (including phenoxy) is 1. The summed E-state index contributed by atoms with van der Waals surface area (Å²) in [6.45, 7) is 3.32. The molecule has 0 bridgehead atoms. The van der Waals surface area contributed by atoms with Crippen LogP contribution in [0.15, 0.2) is 5.38 Å². The Hall–Kier alpha value is -1.15. The number of methoxy groups -OCH3 is 1. The quantitative estimate of drug-likeness (QED) is 0.909. The molecule has 0 aliphatic rings. The van der Waals surface area contributed by atoms with E-state index in [2.05, 4.69) is 10.3 Å². The third kappa shape index (κ3) is 4.17. The van der Waals surface area contributed by atoms with Crippen LogP contribution < -0.4 is 5.32 Å². The van der Waals surface area contributed by atoms with Crippen molar-refractivity contribution in [3.63, 3.8) is 0 Å². The Morgan fingerprint density at radius 2 is 2.21 bits per heavy atom. The predicted molar refractivity (Wildman–Crippen MR) is 64.8 cm³/mol. The van der Waals surface area contributed by atoms with Crippen molar-refractivity contribution in [2.24, 2.45) is 0 Å². The second kappa shape index (κ2) is 6.33. The van der Waals surface area contributed by atoms with Gasteiger partial charge in [-0.1, -0.05) is 6.92 Å². The van der Waals surface area contributed by atoms with Crippen molar-refractivity contribution >= 4 is 17.2 Å². The highest BCUT2D eigenvalue weighted by Crippen LogP contribution is 2.32. The van der Waals surface area contributed by atoms with Gasteiger partial charge in [-0.15, -0.1) is 11.3 Å². The molecule has 0 aromatic carbocycles. The lowest BCUT2D eigenvalue weighted by molar-refractivity contribution is -0.140. The Labute approximate surface area is 113 Å². The van der Waals surface area contributed by atoms with E-state index in [1.165, 1.54) is 7.11 Å². The first-order valence-corrected chi connectivity index (χ1v) is 6.53. The van der Waals surface area contributed by atoms with Crippen molar-refractivity contribution in [3.8, 4) is 0 Å². The Balaban J connectivity index is 2.81. The zero-order valence-electron chi connectivity index (χ0n) is 10.7. The van der Waals surface area contributed by atoms with Crippen LogP contribution in [0, 0.1) is 0 Å². The molecule has 0 aliphatic heterocycles. The summed E-state index contributed by atoms with van der Waals surface area (Å²) in [6.07, 6.45) is -4.67. The number of hydrogen-bond donors (Lipinski definition) is 1. The molecule has 1 aromatic heterocycles. The third-order valence-electron chi connectivity index (χ3n) is 2.56. The summed E-state index contributed by atoms with van der Waals surface area (Å²) in [5.74, 6) is -0.377. The van der Waals surface area contributed by atoms with Crippen molar-refractivity contribution in [2.75, 3.05) is 7.11 Å². The average Bonchev–Trinajstić information content (AvgIpc) is 2.83. The summed E-state index contributed by atoms with van der Waals surface area (Å²) in [4.78, 5) is 15.2. The molecule has 1 amide bonds. The number of halogens is 3. The molecule has 19 heavy (non-hydrogen) atoms. The number of hydrogen-bond acceptors (Lipinski definition) is 4. The van der Waals surface area contributed by atoms with Crippen molar-refractivity contribution in [1.29, 1.82) is 0 Å². The molecule has 1 N–H and O–H groups in total. The van der Waals surface area contributed by atoms with Gasteiger partial charge in [-0.05, 0) is 13.3 Å². The number of alkyl halides is 3. The Morgan fingerprint density at radius 1 is 1.58 bits per heavy atom. The first-order valence-electron chi connectivity index (χ1n) is 5.65. The van der Waals surface area contributed by atoms with Gasteiger partial charge in [0.05, 0.1) is 6.04 Å².